The number of nitrogens with zero attached hydrogens (tertiary/aromatic N) is 2. The zero-order valence-electron chi connectivity index (χ0n) is 22.5. The Kier molecular flexibility index (Phi) is 9.22. The van der Waals surface area contributed by atoms with Crippen molar-refractivity contribution in [2.24, 2.45) is 10.9 Å². The molecule has 0 amide bonds. The van der Waals surface area contributed by atoms with Gasteiger partial charge < -0.3 is 14.2 Å². The molecule has 0 bridgehead atoms. The maximum absolute atomic E-state index is 13.7. The van der Waals surface area contributed by atoms with Crippen molar-refractivity contribution in [3.63, 3.8) is 0 Å². The van der Waals surface area contributed by atoms with Gasteiger partial charge in [0, 0.05) is 4.88 Å². The van der Waals surface area contributed by atoms with E-state index in [2.05, 4.69) is 11.9 Å². The van der Waals surface area contributed by atoms with Gasteiger partial charge in [-0.3, -0.25) is 9.36 Å². The van der Waals surface area contributed by atoms with E-state index in [1.807, 2.05) is 55.6 Å². The Morgan fingerprint density at radius 2 is 2.03 bits per heavy atom. The monoisotopic (exact) mass is 554 g/mol. The van der Waals surface area contributed by atoms with Crippen LogP contribution in [0.1, 0.15) is 63.4 Å². The Morgan fingerprint density at radius 3 is 2.71 bits per heavy atom. The zero-order valence-corrected chi connectivity index (χ0v) is 24.1. The van der Waals surface area contributed by atoms with Crippen LogP contribution < -0.4 is 24.4 Å². The second kappa shape index (κ2) is 12.6. The van der Waals surface area contributed by atoms with E-state index in [0.717, 1.165) is 29.7 Å². The third-order valence-corrected chi connectivity index (χ3v) is 8.00. The van der Waals surface area contributed by atoms with Crippen LogP contribution in [0.25, 0.3) is 6.08 Å². The third kappa shape index (κ3) is 6.10. The van der Waals surface area contributed by atoms with E-state index in [1.54, 1.807) is 18.6 Å². The predicted octanol–water partition coefficient (Wildman–Crippen LogP) is 5.07. The molecule has 2 aromatic heterocycles. The first-order valence-electron chi connectivity index (χ1n) is 12.9. The van der Waals surface area contributed by atoms with Crippen LogP contribution in [0, 0.1) is 5.92 Å². The number of benzene rings is 1. The number of aromatic nitrogens is 1. The van der Waals surface area contributed by atoms with Crippen LogP contribution in [0.3, 0.4) is 0 Å². The second-order valence-corrected chi connectivity index (χ2v) is 11.5. The number of hydrogen-bond acceptors (Lipinski definition) is 8. The Hall–Kier alpha value is -3.17. The molecule has 1 atom stereocenters. The van der Waals surface area contributed by atoms with Crippen LogP contribution >= 0.6 is 22.7 Å². The third-order valence-electron chi connectivity index (χ3n) is 6.09. The topological polar surface area (TPSA) is 79.1 Å². The van der Waals surface area contributed by atoms with E-state index in [9.17, 15) is 9.59 Å². The average molecular weight is 555 g/mol. The highest BCUT2D eigenvalue weighted by molar-refractivity contribution is 7.10. The Morgan fingerprint density at radius 1 is 1.21 bits per heavy atom. The highest BCUT2D eigenvalue weighted by Gasteiger charge is 2.34. The molecule has 0 spiro atoms. The summed E-state index contributed by atoms with van der Waals surface area (Å²) in [7, 11) is 1.61. The molecule has 202 valence electrons. The van der Waals surface area contributed by atoms with Crippen LogP contribution in [0.2, 0.25) is 0 Å². The molecule has 3 heterocycles. The number of unbranched alkanes of at least 4 members (excludes halogenated alkanes) is 2. The largest absolute Gasteiger partial charge is 0.493 e. The minimum Gasteiger partial charge on any atom is -0.493 e. The molecule has 1 aliphatic rings. The summed E-state index contributed by atoms with van der Waals surface area (Å²) >= 11 is 2.80. The van der Waals surface area contributed by atoms with Gasteiger partial charge in [-0.1, -0.05) is 57.1 Å². The van der Waals surface area contributed by atoms with Gasteiger partial charge in [-0.2, -0.15) is 0 Å². The maximum atomic E-state index is 13.7. The highest BCUT2D eigenvalue weighted by atomic mass is 32.1. The van der Waals surface area contributed by atoms with Gasteiger partial charge in [-0.15, -0.1) is 11.3 Å². The van der Waals surface area contributed by atoms with Crippen molar-refractivity contribution < 1.29 is 19.0 Å². The Labute approximate surface area is 230 Å². The summed E-state index contributed by atoms with van der Waals surface area (Å²) in [6, 6.07) is 8.92. The lowest BCUT2D eigenvalue weighted by atomic mass is 10.0. The summed E-state index contributed by atoms with van der Waals surface area (Å²) in [6.07, 6.45) is 5.06. The fourth-order valence-corrected chi connectivity index (χ4v) is 6.07. The standard InChI is InChI=1S/C29H34N2O5S2/c1-6-7-8-13-35-21-12-11-20(15-22(21)34-5)16-24-27(32)31-26(23-10-9-14-37-23)25(19(4)30-29(31)38-24)28(33)36-17-18(2)3/h9-12,14-16,18,26H,6-8,13,17H2,1-5H3/b24-16+. The SMILES string of the molecule is CCCCCOc1ccc(/C=c2/sc3n(c2=O)C(c2cccs2)C(C(=O)OCC(C)C)=C(C)N=3)cc1OC. The van der Waals surface area contributed by atoms with Gasteiger partial charge >= 0.3 is 5.97 Å². The molecular weight excluding hydrogens is 520 g/mol. The van der Waals surface area contributed by atoms with Crippen molar-refractivity contribution in [1.82, 2.24) is 4.57 Å². The van der Waals surface area contributed by atoms with Gasteiger partial charge in [-0.05, 0) is 54.5 Å². The predicted molar refractivity (Wildman–Crippen MR) is 152 cm³/mol. The maximum Gasteiger partial charge on any atom is 0.338 e. The molecule has 0 saturated carbocycles. The van der Waals surface area contributed by atoms with Crippen molar-refractivity contribution in [1.29, 1.82) is 0 Å². The fraction of sp³-hybridized carbons (Fsp3) is 0.414. The van der Waals surface area contributed by atoms with Crippen LogP contribution in [0.15, 0.2) is 56.8 Å². The molecular formula is C29H34N2O5S2. The highest BCUT2D eigenvalue weighted by Crippen LogP contribution is 2.33. The number of methoxy groups -OCH3 is 1. The van der Waals surface area contributed by atoms with Crippen LogP contribution in [-0.2, 0) is 9.53 Å². The Balaban J connectivity index is 1.73. The average Bonchev–Trinajstić information content (AvgIpc) is 3.53. The number of rotatable bonds is 11. The lowest BCUT2D eigenvalue weighted by molar-refractivity contribution is -0.140. The molecule has 7 nitrogen and oxygen atoms in total. The molecule has 3 aromatic rings. The number of allylic oxidation sites excluding steroid dienone is 1. The summed E-state index contributed by atoms with van der Waals surface area (Å²) in [5.74, 6) is 1.06. The molecule has 0 fully saturated rings. The van der Waals surface area contributed by atoms with Gasteiger partial charge in [0.15, 0.2) is 16.3 Å². The van der Waals surface area contributed by atoms with E-state index < -0.39 is 12.0 Å². The molecule has 1 aromatic carbocycles. The van der Waals surface area contributed by atoms with E-state index in [0.29, 0.717) is 45.3 Å². The normalized spacial score (nSPS) is 15.4. The number of carbonyl (C=O) groups is 1. The minimum atomic E-state index is -0.582. The van der Waals surface area contributed by atoms with E-state index in [4.69, 9.17) is 14.2 Å². The van der Waals surface area contributed by atoms with Gasteiger partial charge in [-0.25, -0.2) is 9.79 Å². The van der Waals surface area contributed by atoms with E-state index >= 15 is 0 Å². The summed E-state index contributed by atoms with van der Waals surface area (Å²) in [5, 5.41) is 1.94. The van der Waals surface area contributed by atoms with Crippen molar-refractivity contribution in [3.05, 3.63) is 77.1 Å². The molecule has 38 heavy (non-hydrogen) atoms. The number of fused-ring (bicyclic) bond motifs is 1. The fourth-order valence-electron chi connectivity index (χ4n) is 4.20. The van der Waals surface area contributed by atoms with Crippen LogP contribution in [0.5, 0.6) is 11.5 Å². The van der Waals surface area contributed by atoms with Crippen LogP contribution in [0.4, 0.5) is 0 Å². The number of thiazole rings is 1. The lowest BCUT2D eigenvalue weighted by Crippen LogP contribution is -2.39. The van der Waals surface area contributed by atoms with Crippen molar-refractivity contribution in [3.8, 4) is 11.5 Å². The van der Waals surface area contributed by atoms with Gasteiger partial charge in [0.25, 0.3) is 5.56 Å². The van der Waals surface area contributed by atoms with Crippen molar-refractivity contribution >= 4 is 34.7 Å². The first-order chi connectivity index (χ1) is 18.3. The zero-order chi connectivity index (χ0) is 27.2. The molecule has 0 N–H and O–H groups in total. The quantitative estimate of drug-likeness (QED) is 0.244. The van der Waals surface area contributed by atoms with Crippen molar-refractivity contribution in [2.75, 3.05) is 20.3 Å². The first kappa shape index (κ1) is 27.9. The molecule has 0 radical (unpaired) electrons. The summed E-state index contributed by atoms with van der Waals surface area (Å²) in [4.78, 5) is 33.0. The molecule has 4 rings (SSSR count). The molecule has 1 unspecified atom stereocenters. The first-order valence-corrected chi connectivity index (χ1v) is 14.6. The number of thiophene rings is 1. The second-order valence-electron chi connectivity index (χ2n) is 9.56. The smallest absolute Gasteiger partial charge is 0.338 e. The number of esters is 1. The van der Waals surface area contributed by atoms with Gasteiger partial charge in [0.05, 0.1) is 36.1 Å². The summed E-state index contributed by atoms with van der Waals surface area (Å²) in [5.41, 5.74) is 1.58. The van der Waals surface area contributed by atoms with E-state index in [1.165, 1.54) is 22.7 Å². The van der Waals surface area contributed by atoms with E-state index in [-0.39, 0.29) is 11.5 Å². The van der Waals surface area contributed by atoms with Crippen molar-refractivity contribution in [2.45, 2.75) is 53.0 Å². The summed E-state index contributed by atoms with van der Waals surface area (Å²) < 4.78 is 19.2. The van der Waals surface area contributed by atoms with Gasteiger partial charge in [0.2, 0.25) is 0 Å². The molecule has 0 saturated heterocycles. The summed E-state index contributed by atoms with van der Waals surface area (Å²) in [6.45, 7) is 8.86. The number of hydrogen-bond donors (Lipinski definition) is 0. The lowest BCUT2D eigenvalue weighted by Gasteiger charge is -2.23. The number of carbonyl (C=O) groups excluding carboxylic acids is 1. The van der Waals surface area contributed by atoms with Crippen LogP contribution in [-0.4, -0.2) is 30.9 Å². The van der Waals surface area contributed by atoms with Gasteiger partial charge in [0.1, 0.15) is 6.04 Å². The molecule has 1 aliphatic heterocycles. The molecule has 0 aliphatic carbocycles. The molecule has 9 heteroatoms. The number of ether oxygens (including phenoxy) is 3. The Bertz CT molecular complexity index is 1480. The minimum absolute atomic E-state index is 0.200.